The number of primary sulfonamides is 1. The van der Waals surface area contributed by atoms with Crippen molar-refractivity contribution in [3.63, 3.8) is 0 Å². The SMILES string of the molecule is CC(C)C(COc1ccccc1Br)CS(N)(=O)=O. The van der Waals surface area contributed by atoms with Crippen LogP contribution in [0.2, 0.25) is 0 Å². The van der Waals surface area contributed by atoms with Gasteiger partial charge in [-0.15, -0.1) is 0 Å². The number of sulfonamides is 1. The summed E-state index contributed by atoms with van der Waals surface area (Å²) in [5, 5.41) is 5.08. The zero-order chi connectivity index (χ0) is 13.8. The van der Waals surface area contributed by atoms with Crippen LogP contribution < -0.4 is 9.88 Å². The fourth-order valence-electron chi connectivity index (χ4n) is 1.49. The first-order chi connectivity index (χ1) is 8.29. The van der Waals surface area contributed by atoms with E-state index in [9.17, 15) is 8.42 Å². The molecule has 1 aromatic carbocycles. The minimum Gasteiger partial charge on any atom is -0.492 e. The molecule has 1 atom stereocenters. The second-order valence-electron chi connectivity index (χ2n) is 4.58. The fraction of sp³-hybridized carbons (Fsp3) is 0.500. The highest BCUT2D eigenvalue weighted by Crippen LogP contribution is 2.25. The molecule has 0 aliphatic rings. The third-order valence-corrected chi connectivity index (χ3v) is 4.23. The van der Waals surface area contributed by atoms with Crippen molar-refractivity contribution in [2.45, 2.75) is 13.8 Å². The van der Waals surface area contributed by atoms with E-state index in [1.54, 1.807) is 0 Å². The summed E-state index contributed by atoms with van der Waals surface area (Å²) in [6.07, 6.45) is 0. The van der Waals surface area contributed by atoms with Gasteiger partial charge in [-0.2, -0.15) is 0 Å². The molecule has 0 radical (unpaired) electrons. The molecule has 18 heavy (non-hydrogen) atoms. The van der Waals surface area contributed by atoms with Crippen molar-refractivity contribution >= 4 is 26.0 Å². The molecule has 0 aliphatic carbocycles. The van der Waals surface area contributed by atoms with E-state index >= 15 is 0 Å². The number of nitrogens with two attached hydrogens (primary N) is 1. The van der Waals surface area contributed by atoms with E-state index in [0.29, 0.717) is 12.4 Å². The van der Waals surface area contributed by atoms with Crippen molar-refractivity contribution in [3.8, 4) is 5.75 Å². The number of ether oxygens (including phenoxy) is 1. The molecule has 102 valence electrons. The summed E-state index contributed by atoms with van der Waals surface area (Å²) in [5.41, 5.74) is 0. The van der Waals surface area contributed by atoms with Crippen molar-refractivity contribution in [2.24, 2.45) is 17.0 Å². The predicted octanol–water partition coefficient (Wildman–Crippen LogP) is 2.39. The Kier molecular flexibility index (Phi) is 5.62. The van der Waals surface area contributed by atoms with Gasteiger partial charge in [-0.3, -0.25) is 0 Å². The summed E-state index contributed by atoms with van der Waals surface area (Å²) in [6.45, 7) is 4.25. The van der Waals surface area contributed by atoms with Gasteiger partial charge in [0.05, 0.1) is 16.8 Å². The van der Waals surface area contributed by atoms with Gasteiger partial charge in [-0.05, 0) is 34.0 Å². The molecule has 0 aromatic heterocycles. The average Bonchev–Trinajstić information content (AvgIpc) is 2.24. The third kappa shape index (κ3) is 5.37. The third-order valence-electron chi connectivity index (χ3n) is 2.68. The van der Waals surface area contributed by atoms with E-state index in [0.717, 1.165) is 4.47 Å². The Morgan fingerprint density at radius 1 is 1.33 bits per heavy atom. The summed E-state index contributed by atoms with van der Waals surface area (Å²) in [7, 11) is -3.47. The lowest BCUT2D eigenvalue weighted by atomic mass is 9.99. The molecule has 2 N–H and O–H groups in total. The molecule has 6 heteroatoms. The number of hydrogen-bond donors (Lipinski definition) is 1. The quantitative estimate of drug-likeness (QED) is 0.867. The maximum Gasteiger partial charge on any atom is 0.209 e. The smallest absolute Gasteiger partial charge is 0.209 e. The number of para-hydroxylation sites is 1. The Bertz CT molecular complexity index is 488. The molecular weight excluding hydrogens is 318 g/mol. The maximum absolute atomic E-state index is 11.1. The van der Waals surface area contributed by atoms with Crippen LogP contribution in [0, 0.1) is 11.8 Å². The lowest BCUT2D eigenvalue weighted by molar-refractivity contribution is 0.223. The zero-order valence-electron chi connectivity index (χ0n) is 10.5. The molecule has 0 amide bonds. The van der Waals surface area contributed by atoms with Gasteiger partial charge >= 0.3 is 0 Å². The molecule has 0 saturated carbocycles. The largest absolute Gasteiger partial charge is 0.492 e. The number of rotatable bonds is 6. The van der Waals surface area contributed by atoms with Crippen molar-refractivity contribution in [3.05, 3.63) is 28.7 Å². The Balaban J connectivity index is 2.66. The summed E-state index contributed by atoms with van der Waals surface area (Å²) < 4.78 is 28.8. The van der Waals surface area contributed by atoms with Crippen molar-refractivity contribution < 1.29 is 13.2 Å². The van der Waals surface area contributed by atoms with Gasteiger partial charge in [0.25, 0.3) is 0 Å². The van der Waals surface area contributed by atoms with E-state index in [4.69, 9.17) is 9.88 Å². The number of halogens is 1. The van der Waals surface area contributed by atoms with Crippen LogP contribution in [0.15, 0.2) is 28.7 Å². The van der Waals surface area contributed by atoms with E-state index in [1.165, 1.54) is 0 Å². The molecule has 0 fully saturated rings. The topological polar surface area (TPSA) is 69.4 Å². The Morgan fingerprint density at radius 3 is 2.44 bits per heavy atom. The lowest BCUT2D eigenvalue weighted by Gasteiger charge is -2.20. The summed E-state index contributed by atoms with van der Waals surface area (Å²) in [5.74, 6) is 0.713. The van der Waals surface area contributed by atoms with E-state index < -0.39 is 10.0 Å². The molecule has 0 aliphatic heterocycles. The van der Waals surface area contributed by atoms with E-state index in [2.05, 4.69) is 15.9 Å². The van der Waals surface area contributed by atoms with Crippen LogP contribution in [0.3, 0.4) is 0 Å². The predicted molar refractivity (Wildman–Crippen MR) is 75.9 cm³/mol. The molecule has 1 aromatic rings. The zero-order valence-corrected chi connectivity index (χ0v) is 12.9. The summed E-state index contributed by atoms with van der Waals surface area (Å²) in [6, 6.07) is 7.46. The minimum absolute atomic E-state index is 0.0604. The van der Waals surface area contributed by atoms with Crippen LogP contribution in [0.1, 0.15) is 13.8 Å². The summed E-state index contributed by atoms with van der Waals surface area (Å²) in [4.78, 5) is 0. The van der Waals surface area contributed by atoms with Crippen LogP contribution in [0.4, 0.5) is 0 Å². The first-order valence-electron chi connectivity index (χ1n) is 5.67. The second-order valence-corrected chi connectivity index (χ2v) is 7.09. The van der Waals surface area contributed by atoms with Gasteiger partial charge in [-0.25, -0.2) is 13.6 Å². The van der Waals surface area contributed by atoms with Crippen LogP contribution in [-0.2, 0) is 10.0 Å². The standard InChI is InChI=1S/C12H18BrNO3S/c1-9(2)10(8-18(14,15)16)7-17-12-6-4-3-5-11(12)13/h3-6,9-10H,7-8H2,1-2H3,(H2,14,15,16). The van der Waals surface area contributed by atoms with Crippen molar-refractivity contribution in [2.75, 3.05) is 12.4 Å². The van der Waals surface area contributed by atoms with E-state index in [-0.39, 0.29) is 17.6 Å². The number of benzene rings is 1. The highest BCUT2D eigenvalue weighted by Gasteiger charge is 2.20. The molecule has 1 rings (SSSR count). The molecular formula is C12H18BrNO3S. The van der Waals surface area contributed by atoms with Gasteiger partial charge in [0.15, 0.2) is 0 Å². The molecule has 0 saturated heterocycles. The second kappa shape index (κ2) is 6.54. The van der Waals surface area contributed by atoms with Crippen LogP contribution >= 0.6 is 15.9 Å². The Labute approximate surface area is 117 Å². The van der Waals surface area contributed by atoms with Crippen LogP contribution in [0.25, 0.3) is 0 Å². The molecule has 0 spiro atoms. The van der Waals surface area contributed by atoms with Crippen molar-refractivity contribution in [1.82, 2.24) is 0 Å². The number of hydrogen-bond acceptors (Lipinski definition) is 3. The maximum atomic E-state index is 11.1. The first kappa shape index (κ1) is 15.5. The Hall–Kier alpha value is -0.590. The van der Waals surface area contributed by atoms with Crippen molar-refractivity contribution in [1.29, 1.82) is 0 Å². The molecule has 1 unspecified atom stereocenters. The van der Waals surface area contributed by atoms with Crippen LogP contribution in [-0.4, -0.2) is 20.8 Å². The van der Waals surface area contributed by atoms with E-state index in [1.807, 2.05) is 38.1 Å². The first-order valence-corrected chi connectivity index (χ1v) is 8.18. The lowest BCUT2D eigenvalue weighted by Crippen LogP contribution is -2.30. The highest BCUT2D eigenvalue weighted by atomic mass is 79.9. The normalized spacial score (nSPS) is 13.6. The van der Waals surface area contributed by atoms with Gasteiger partial charge < -0.3 is 4.74 Å². The van der Waals surface area contributed by atoms with Gasteiger partial charge in [0.2, 0.25) is 10.0 Å². The Morgan fingerprint density at radius 2 is 1.94 bits per heavy atom. The highest BCUT2D eigenvalue weighted by molar-refractivity contribution is 9.10. The average molecular weight is 336 g/mol. The van der Waals surface area contributed by atoms with Gasteiger partial charge in [0.1, 0.15) is 5.75 Å². The monoisotopic (exact) mass is 335 g/mol. The minimum atomic E-state index is -3.47. The fourth-order valence-corrected chi connectivity index (χ4v) is 2.97. The van der Waals surface area contributed by atoms with Gasteiger partial charge in [-0.1, -0.05) is 26.0 Å². The van der Waals surface area contributed by atoms with Crippen LogP contribution in [0.5, 0.6) is 5.75 Å². The molecule has 0 heterocycles. The summed E-state index contributed by atoms with van der Waals surface area (Å²) >= 11 is 3.38. The molecule has 0 bridgehead atoms. The van der Waals surface area contributed by atoms with Gasteiger partial charge in [0, 0.05) is 5.92 Å². The molecule has 4 nitrogen and oxygen atoms in total.